The lowest BCUT2D eigenvalue weighted by Gasteiger charge is -2.33. The maximum atomic E-state index is 13.3. The number of ether oxygens (including phenoxy) is 1. The number of amides is 2. The number of imide groups is 1. The van der Waals surface area contributed by atoms with Crippen molar-refractivity contribution in [2.75, 3.05) is 31.2 Å². The van der Waals surface area contributed by atoms with Crippen molar-refractivity contribution < 1.29 is 14.3 Å². The number of aryl methyl sites for hydroxylation is 1. The fraction of sp³-hybridized carbons (Fsp3) is 0.333. The van der Waals surface area contributed by atoms with Gasteiger partial charge in [0, 0.05) is 13.1 Å². The van der Waals surface area contributed by atoms with Crippen molar-refractivity contribution in [1.29, 1.82) is 0 Å². The third-order valence-corrected chi connectivity index (χ3v) is 5.17. The molecule has 2 aromatic rings. The highest BCUT2D eigenvalue weighted by Crippen LogP contribution is 2.36. The SMILES string of the molecule is Cc1ccc(N2C(=O)[C@H](c3ccccc3)[C@@H](N3CCOCC3)C2=O)cc1. The molecule has 2 aromatic carbocycles. The van der Waals surface area contributed by atoms with E-state index in [9.17, 15) is 9.59 Å². The average molecular weight is 350 g/mol. The summed E-state index contributed by atoms with van der Waals surface area (Å²) in [6, 6.07) is 16.7. The van der Waals surface area contributed by atoms with Gasteiger partial charge in [0.05, 0.1) is 24.8 Å². The lowest BCUT2D eigenvalue weighted by molar-refractivity contribution is -0.123. The summed E-state index contributed by atoms with van der Waals surface area (Å²) < 4.78 is 5.44. The predicted molar refractivity (Wildman–Crippen MR) is 99.0 cm³/mol. The van der Waals surface area contributed by atoms with Gasteiger partial charge in [-0.25, -0.2) is 4.90 Å². The van der Waals surface area contributed by atoms with Crippen molar-refractivity contribution in [1.82, 2.24) is 4.90 Å². The van der Waals surface area contributed by atoms with Crippen LogP contribution in [-0.4, -0.2) is 49.1 Å². The summed E-state index contributed by atoms with van der Waals surface area (Å²) in [6.07, 6.45) is 0. The van der Waals surface area contributed by atoms with Crippen LogP contribution in [0.4, 0.5) is 5.69 Å². The standard InChI is InChI=1S/C21H22N2O3/c1-15-7-9-17(10-8-15)23-20(24)18(16-5-3-2-4-6-16)19(21(23)25)22-11-13-26-14-12-22/h2-10,18-19H,11-14H2,1H3/t18-,19-/m1/s1. The van der Waals surface area contributed by atoms with Crippen molar-refractivity contribution >= 4 is 17.5 Å². The number of morpholine rings is 1. The van der Waals surface area contributed by atoms with Crippen LogP contribution in [0.3, 0.4) is 0 Å². The normalized spacial score (nSPS) is 24.3. The number of hydrogen-bond donors (Lipinski definition) is 0. The molecule has 5 nitrogen and oxygen atoms in total. The van der Waals surface area contributed by atoms with Crippen molar-refractivity contribution in [2.24, 2.45) is 0 Å². The van der Waals surface area contributed by atoms with E-state index in [0.29, 0.717) is 32.0 Å². The molecule has 2 aliphatic rings. The first-order chi connectivity index (χ1) is 12.7. The molecule has 5 heteroatoms. The molecule has 0 spiro atoms. The zero-order valence-electron chi connectivity index (χ0n) is 14.8. The molecule has 0 saturated carbocycles. The lowest BCUT2D eigenvalue weighted by Crippen LogP contribution is -2.49. The summed E-state index contributed by atoms with van der Waals surface area (Å²) in [5.74, 6) is -0.778. The number of carbonyl (C=O) groups is 2. The van der Waals surface area contributed by atoms with Crippen LogP contribution in [0.25, 0.3) is 0 Å². The first-order valence-electron chi connectivity index (χ1n) is 8.98. The second kappa shape index (κ2) is 7.02. The molecule has 2 amide bonds. The maximum Gasteiger partial charge on any atom is 0.252 e. The molecule has 2 atom stereocenters. The van der Waals surface area contributed by atoms with Gasteiger partial charge in [0.15, 0.2) is 0 Å². The molecule has 0 unspecified atom stereocenters. The number of carbonyl (C=O) groups excluding carboxylic acids is 2. The molecule has 0 radical (unpaired) electrons. The van der Waals surface area contributed by atoms with Crippen LogP contribution >= 0.6 is 0 Å². The Morgan fingerprint density at radius 2 is 1.54 bits per heavy atom. The Labute approximate surface area is 153 Å². The Morgan fingerprint density at radius 1 is 0.885 bits per heavy atom. The molecule has 0 aromatic heterocycles. The van der Waals surface area contributed by atoms with Crippen LogP contribution in [0.2, 0.25) is 0 Å². The quantitative estimate of drug-likeness (QED) is 0.798. The predicted octanol–water partition coefficient (Wildman–Crippen LogP) is 2.35. The minimum absolute atomic E-state index is 0.144. The van der Waals surface area contributed by atoms with E-state index in [1.54, 1.807) is 0 Å². The molecule has 0 bridgehead atoms. The largest absolute Gasteiger partial charge is 0.379 e. The minimum Gasteiger partial charge on any atom is -0.379 e. The van der Waals surface area contributed by atoms with Gasteiger partial charge in [0.25, 0.3) is 5.91 Å². The topological polar surface area (TPSA) is 49.9 Å². The average Bonchev–Trinajstić information content (AvgIpc) is 2.94. The second-order valence-corrected chi connectivity index (χ2v) is 6.83. The smallest absolute Gasteiger partial charge is 0.252 e. The Morgan fingerprint density at radius 3 is 2.19 bits per heavy atom. The van der Waals surface area contributed by atoms with E-state index in [4.69, 9.17) is 4.74 Å². The van der Waals surface area contributed by atoms with Gasteiger partial charge < -0.3 is 4.74 Å². The van der Waals surface area contributed by atoms with Gasteiger partial charge in [-0.2, -0.15) is 0 Å². The molecule has 2 heterocycles. The van der Waals surface area contributed by atoms with Gasteiger partial charge in [0.2, 0.25) is 5.91 Å². The Kier molecular flexibility index (Phi) is 4.57. The third kappa shape index (κ3) is 2.93. The van der Waals surface area contributed by atoms with E-state index in [1.165, 1.54) is 4.90 Å². The summed E-state index contributed by atoms with van der Waals surface area (Å²) in [5.41, 5.74) is 2.62. The minimum atomic E-state index is -0.483. The highest BCUT2D eigenvalue weighted by molar-refractivity contribution is 6.25. The van der Waals surface area contributed by atoms with Crippen molar-refractivity contribution in [2.45, 2.75) is 18.9 Å². The Hall–Kier alpha value is -2.50. The first kappa shape index (κ1) is 16.9. The molecule has 2 fully saturated rings. The monoisotopic (exact) mass is 350 g/mol. The molecule has 2 saturated heterocycles. The summed E-state index contributed by atoms with van der Waals surface area (Å²) >= 11 is 0. The molecule has 4 rings (SSSR count). The van der Waals surface area contributed by atoms with Crippen LogP contribution in [0.5, 0.6) is 0 Å². The zero-order chi connectivity index (χ0) is 18.1. The molecule has 0 N–H and O–H groups in total. The van der Waals surface area contributed by atoms with Crippen molar-refractivity contribution in [3.63, 3.8) is 0 Å². The second-order valence-electron chi connectivity index (χ2n) is 6.83. The molecular weight excluding hydrogens is 328 g/mol. The highest BCUT2D eigenvalue weighted by atomic mass is 16.5. The van der Waals surface area contributed by atoms with Crippen LogP contribution < -0.4 is 4.90 Å². The summed E-state index contributed by atoms with van der Waals surface area (Å²) in [7, 11) is 0. The van der Waals surface area contributed by atoms with E-state index in [1.807, 2.05) is 61.5 Å². The van der Waals surface area contributed by atoms with Gasteiger partial charge >= 0.3 is 0 Å². The van der Waals surface area contributed by atoms with E-state index in [2.05, 4.69) is 4.90 Å². The molecular formula is C21H22N2O3. The van der Waals surface area contributed by atoms with Gasteiger partial charge in [0.1, 0.15) is 6.04 Å². The number of rotatable bonds is 3. The summed E-state index contributed by atoms with van der Waals surface area (Å²) in [6.45, 7) is 4.48. The van der Waals surface area contributed by atoms with E-state index in [-0.39, 0.29) is 11.8 Å². The van der Waals surface area contributed by atoms with Crippen LogP contribution in [0.15, 0.2) is 54.6 Å². The molecule has 134 valence electrons. The zero-order valence-corrected chi connectivity index (χ0v) is 14.8. The third-order valence-electron chi connectivity index (χ3n) is 5.17. The number of hydrogen-bond acceptors (Lipinski definition) is 4. The summed E-state index contributed by atoms with van der Waals surface area (Å²) in [4.78, 5) is 30.1. The lowest BCUT2D eigenvalue weighted by atomic mass is 9.92. The Balaban J connectivity index is 1.75. The number of nitrogens with zero attached hydrogens (tertiary/aromatic N) is 2. The number of benzene rings is 2. The summed E-state index contributed by atoms with van der Waals surface area (Å²) in [5, 5.41) is 0. The Bertz CT molecular complexity index is 798. The van der Waals surface area contributed by atoms with Crippen LogP contribution in [0, 0.1) is 6.92 Å². The molecule has 2 aliphatic heterocycles. The fourth-order valence-electron chi connectivity index (χ4n) is 3.81. The first-order valence-corrected chi connectivity index (χ1v) is 8.98. The van der Waals surface area contributed by atoms with E-state index < -0.39 is 12.0 Å². The van der Waals surface area contributed by atoms with Crippen molar-refractivity contribution in [3.05, 3.63) is 65.7 Å². The van der Waals surface area contributed by atoms with Gasteiger partial charge in [-0.05, 0) is 24.6 Å². The number of anilines is 1. The highest BCUT2D eigenvalue weighted by Gasteiger charge is 2.51. The van der Waals surface area contributed by atoms with Gasteiger partial charge in [-0.1, -0.05) is 48.0 Å². The fourth-order valence-corrected chi connectivity index (χ4v) is 3.81. The maximum absolute atomic E-state index is 13.3. The molecule has 0 aliphatic carbocycles. The van der Waals surface area contributed by atoms with Crippen LogP contribution in [0.1, 0.15) is 17.0 Å². The van der Waals surface area contributed by atoms with Gasteiger partial charge in [-0.15, -0.1) is 0 Å². The molecule has 26 heavy (non-hydrogen) atoms. The van der Waals surface area contributed by atoms with Gasteiger partial charge in [-0.3, -0.25) is 14.5 Å². The van der Waals surface area contributed by atoms with Crippen LogP contribution in [-0.2, 0) is 14.3 Å². The van der Waals surface area contributed by atoms with E-state index in [0.717, 1.165) is 11.1 Å². The van der Waals surface area contributed by atoms with Crippen molar-refractivity contribution in [3.8, 4) is 0 Å². The van der Waals surface area contributed by atoms with E-state index >= 15 is 0 Å².